The number of hydrogen-bond donors (Lipinski definition) is 5. The Morgan fingerprint density at radius 3 is 2.50 bits per heavy atom. The Hall–Kier alpha value is -1.81. The van der Waals surface area contributed by atoms with E-state index in [9.17, 15) is 20.4 Å². The summed E-state index contributed by atoms with van der Waals surface area (Å²) in [5.74, 6) is -0.637. The number of aromatic nitrogens is 4. The number of aliphatic hydroxyl groups is 4. The van der Waals surface area contributed by atoms with Crippen LogP contribution >= 0.6 is 0 Å². The summed E-state index contributed by atoms with van der Waals surface area (Å²) < 4.78 is 1.45. The summed E-state index contributed by atoms with van der Waals surface area (Å²) in [4.78, 5) is 11.9. The largest absolute Gasteiger partial charge is 0.396 e. The maximum absolute atomic E-state index is 10.2. The smallest absolute Gasteiger partial charge is 0.165 e. The molecule has 0 aromatic carbocycles. The van der Waals surface area contributed by atoms with E-state index in [4.69, 9.17) is 5.73 Å². The molecule has 9 heteroatoms. The standard InChI is InChI=1S/C11H15N5O4/c12-10-5-11(14-2-13-10)16(3-15-5)6-7(18)4(1-17)8(19)9(6)20/h2-4,6-9,17-20H,1H2,(H2,12,13,14)/t4-,6+,7-,8?,9?/m1/s1. The van der Waals surface area contributed by atoms with Crippen LogP contribution in [-0.4, -0.2) is 64.9 Å². The molecule has 0 amide bonds. The molecule has 2 aromatic heterocycles. The van der Waals surface area contributed by atoms with Gasteiger partial charge in [-0.3, -0.25) is 0 Å². The highest BCUT2D eigenvalue weighted by atomic mass is 16.3. The van der Waals surface area contributed by atoms with Crippen molar-refractivity contribution in [1.29, 1.82) is 0 Å². The van der Waals surface area contributed by atoms with Crippen LogP contribution < -0.4 is 5.73 Å². The molecule has 5 atom stereocenters. The van der Waals surface area contributed by atoms with Crippen LogP contribution in [0, 0.1) is 5.92 Å². The average Bonchev–Trinajstić information content (AvgIpc) is 2.92. The van der Waals surface area contributed by atoms with Crippen molar-refractivity contribution < 1.29 is 20.4 Å². The Bertz CT molecular complexity index is 632. The van der Waals surface area contributed by atoms with Crippen LogP contribution in [0.5, 0.6) is 0 Å². The van der Waals surface area contributed by atoms with E-state index in [1.165, 1.54) is 17.2 Å². The number of anilines is 1. The van der Waals surface area contributed by atoms with Gasteiger partial charge in [0.05, 0.1) is 31.2 Å². The van der Waals surface area contributed by atoms with E-state index in [1.54, 1.807) is 0 Å². The molecule has 2 unspecified atom stereocenters. The molecule has 2 aromatic rings. The summed E-state index contributed by atoms with van der Waals surface area (Å²) in [5, 5.41) is 39.3. The van der Waals surface area contributed by atoms with Gasteiger partial charge in [0.25, 0.3) is 0 Å². The van der Waals surface area contributed by atoms with E-state index in [0.29, 0.717) is 11.2 Å². The molecule has 0 bridgehead atoms. The lowest BCUT2D eigenvalue weighted by Crippen LogP contribution is -2.30. The molecule has 0 saturated heterocycles. The fourth-order valence-corrected chi connectivity index (χ4v) is 2.75. The predicted octanol–water partition coefficient (Wildman–Crippen LogP) is -2.35. The highest BCUT2D eigenvalue weighted by Crippen LogP contribution is 2.37. The minimum atomic E-state index is -1.24. The van der Waals surface area contributed by atoms with Gasteiger partial charge in [0.1, 0.15) is 17.9 Å². The lowest BCUT2D eigenvalue weighted by atomic mass is 10.0. The second kappa shape index (κ2) is 4.63. The summed E-state index contributed by atoms with van der Waals surface area (Å²) in [6, 6.07) is -0.860. The molecule has 1 fully saturated rings. The first kappa shape index (κ1) is 13.2. The third kappa shape index (κ3) is 1.68. The molecule has 108 valence electrons. The summed E-state index contributed by atoms with van der Waals surface area (Å²) in [6.45, 7) is -0.431. The van der Waals surface area contributed by atoms with Gasteiger partial charge in [-0.1, -0.05) is 0 Å². The maximum atomic E-state index is 10.2. The Labute approximate surface area is 113 Å². The number of nitrogens with zero attached hydrogens (tertiary/aromatic N) is 4. The van der Waals surface area contributed by atoms with E-state index in [1.807, 2.05) is 0 Å². The van der Waals surface area contributed by atoms with Crippen molar-refractivity contribution in [3.05, 3.63) is 12.7 Å². The molecule has 0 aliphatic heterocycles. The van der Waals surface area contributed by atoms with Gasteiger partial charge in [0.15, 0.2) is 11.5 Å². The molecule has 6 N–H and O–H groups in total. The molecule has 20 heavy (non-hydrogen) atoms. The molecule has 0 radical (unpaired) electrons. The van der Waals surface area contributed by atoms with Gasteiger partial charge in [-0.2, -0.15) is 0 Å². The van der Waals surface area contributed by atoms with Gasteiger partial charge >= 0.3 is 0 Å². The number of hydrogen-bond acceptors (Lipinski definition) is 8. The van der Waals surface area contributed by atoms with Crippen LogP contribution in [0.4, 0.5) is 5.82 Å². The van der Waals surface area contributed by atoms with Crippen molar-refractivity contribution in [1.82, 2.24) is 19.5 Å². The van der Waals surface area contributed by atoms with Crippen LogP contribution in [0.1, 0.15) is 6.04 Å². The molecule has 3 rings (SSSR count). The van der Waals surface area contributed by atoms with E-state index < -0.39 is 36.9 Å². The Kier molecular flexibility index (Phi) is 3.05. The van der Waals surface area contributed by atoms with Gasteiger partial charge in [-0.15, -0.1) is 0 Å². The topological polar surface area (TPSA) is 151 Å². The van der Waals surface area contributed by atoms with Crippen molar-refractivity contribution >= 4 is 17.0 Å². The molecule has 9 nitrogen and oxygen atoms in total. The minimum Gasteiger partial charge on any atom is -0.396 e. The van der Waals surface area contributed by atoms with E-state index in [2.05, 4.69) is 15.0 Å². The third-order valence-corrected chi connectivity index (χ3v) is 3.85. The monoisotopic (exact) mass is 281 g/mol. The normalized spacial score (nSPS) is 33.9. The Morgan fingerprint density at radius 2 is 1.85 bits per heavy atom. The lowest BCUT2D eigenvalue weighted by molar-refractivity contribution is -0.00782. The van der Waals surface area contributed by atoms with Crippen molar-refractivity contribution in [2.75, 3.05) is 12.3 Å². The maximum Gasteiger partial charge on any atom is 0.165 e. The molecular weight excluding hydrogens is 266 g/mol. The quantitative estimate of drug-likeness (QED) is 0.410. The minimum absolute atomic E-state index is 0.190. The number of imidazole rings is 1. The van der Waals surface area contributed by atoms with Crippen molar-refractivity contribution in [3.63, 3.8) is 0 Å². The second-order valence-electron chi connectivity index (χ2n) is 4.89. The zero-order valence-electron chi connectivity index (χ0n) is 10.4. The zero-order valence-corrected chi connectivity index (χ0v) is 10.4. The van der Waals surface area contributed by atoms with Crippen LogP contribution in [0.25, 0.3) is 11.2 Å². The van der Waals surface area contributed by atoms with E-state index in [-0.39, 0.29) is 5.82 Å². The molecular formula is C11H15N5O4. The number of aliphatic hydroxyl groups excluding tert-OH is 4. The van der Waals surface area contributed by atoms with E-state index in [0.717, 1.165) is 0 Å². The van der Waals surface area contributed by atoms with Crippen molar-refractivity contribution in [3.8, 4) is 0 Å². The van der Waals surface area contributed by atoms with Crippen LogP contribution in [0.15, 0.2) is 12.7 Å². The summed E-state index contributed by atoms with van der Waals surface area (Å²) in [6.07, 6.45) is -0.964. The Morgan fingerprint density at radius 1 is 1.10 bits per heavy atom. The fraction of sp³-hybridized carbons (Fsp3) is 0.545. The van der Waals surface area contributed by atoms with Crippen molar-refractivity contribution in [2.24, 2.45) is 5.92 Å². The number of nitrogen functional groups attached to an aromatic ring is 1. The summed E-state index contributed by atoms with van der Waals surface area (Å²) in [5.41, 5.74) is 6.39. The van der Waals surface area contributed by atoms with Crippen LogP contribution in [0.2, 0.25) is 0 Å². The SMILES string of the molecule is Nc1ncnc2c1ncn2[C@@H]1C(O)C(O)[C@H](CO)[C@H]1O. The molecule has 1 aliphatic rings. The molecule has 2 heterocycles. The number of nitrogens with two attached hydrogens (primary N) is 1. The molecule has 1 aliphatic carbocycles. The van der Waals surface area contributed by atoms with Crippen LogP contribution in [0.3, 0.4) is 0 Å². The Balaban J connectivity index is 2.09. The van der Waals surface area contributed by atoms with Gasteiger partial charge in [-0.05, 0) is 0 Å². The van der Waals surface area contributed by atoms with E-state index >= 15 is 0 Å². The molecule has 0 spiro atoms. The predicted molar refractivity (Wildman–Crippen MR) is 67.4 cm³/mol. The molecule has 1 saturated carbocycles. The average molecular weight is 281 g/mol. The van der Waals surface area contributed by atoms with Gasteiger partial charge in [0.2, 0.25) is 0 Å². The van der Waals surface area contributed by atoms with Gasteiger partial charge < -0.3 is 30.7 Å². The highest BCUT2D eigenvalue weighted by Gasteiger charge is 2.49. The fourth-order valence-electron chi connectivity index (χ4n) is 2.75. The third-order valence-electron chi connectivity index (χ3n) is 3.85. The first-order chi connectivity index (χ1) is 9.56. The van der Waals surface area contributed by atoms with Crippen LogP contribution in [-0.2, 0) is 0 Å². The van der Waals surface area contributed by atoms with Crippen molar-refractivity contribution in [2.45, 2.75) is 24.4 Å². The highest BCUT2D eigenvalue weighted by molar-refractivity contribution is 5.81. The van der Waals surface area contributed by atoms with Gasteiger partial charge in [-0.25, -0.2) is 15.0 Å². The summed E-state index contributed by atoms with van der Waals surface area (Å²) >= 11 is 0. The number of rotatable bonds is 2. The zero-order chi connectivity index (χ0) is 14.4. The first-order valence-electron chi connectivity index (χ1n) is 6.14. The lowest BCUT2D eigenvalue weighted by Gasteiger charge is -2.21. The summed E-state index contributed by atoms with van der Waals surface area (Å²) in [7, 11) is 0. The van der Waals surface area contributed by atoms with Gasteiger partial charge in [0, 0.05) is 5.92 Å². The first-order valence-corrected chi connectivity index (χ1v) is 6.14. The number of fused-ring (bicyclic) bond motifs is 1. The second-order valence-corrected chi connectivity index (χ2v) is 4.89.